The SMILES string of the molecule is CCCCn1c2c(c3cc(C(=O)N4CCCC4)ccc31)CCCC2. The van der Waals surface area contributed by atoms with E-state index in [9.17, 15) is 4.79 Å². The van der Waals surface area contributed by atoms with Crippen molar-refractivity contribution in [2.24, 2.45) is 0 Å². The van der Waals surface area contributed by atoms with Crippen molar-refractivity contribution in [2.75, 3.05) is 13.1 Å². The molecule has 0 N–H and O–H groups in total. The molecule has 128 valence electrons. The van der Waals surface area contributed by atoms with E-state index in [2.05, 4.69) is 29.7 Å². The molecule has 4 rings (SSSR count). The highest BCUT2D eigenvalue weighted by Crippen LogP contribution is 2.33. The molecular formula is C21H28N2O. The van der Waals surface area contributed by atoms with Gasteiger partial charge in [-0.05, 0) is 68.7 Å². The van der Waals surface area contributed by atoms with E-state index in [1.165, 1.54) is 60.7 Å². The number of fused-ring (bicyclic) bond motifs is 3. The van der Waals surface area contributed by atoms with Crippen LogP contribution in [-0.2, 0) is 19.4 Å². The summed E-state index contributed by atoms with van der Waals surface area (Å²) in [5.74, 6) is 0.222. The van der Waals surface area contributed by atoms with Crippen molar-refractivity contribution < 1.29 is 4.79 Å². The molecule has 0 radical (unpaired) electrons. The summed E-state index contributed by atoms with van der Waals surface area (Å²) in [4.78, 5) is 14.8. The number of hydrogen-bond donors (Lipinski definition) is 0. The van der Waals surface area contributed by atoms with Crippen LogP contribution in [-0.4, -0.2) is 28.5 Å². The van der Waals surface area contributed by atoms with Gasteiger partial charge in [-0.15, -0.1) is 0 Å². The van der Waals surface area contributed by atoms with Crippen LogP contribution in [0.5, 0.6) is 0 Å². The van der Waals surface area contributed by atoms with Crippen molar-refractivity contribution in [3.8, 4) is 0 Å². The Bertz CT molecular complexity index is 753. The van der Waals surface area contributed by atoms with Crippen LogP contribution in [0.25, 0.3) is 10.9 Å². The van der Waals surface area contributed by atoms with Gasteiger partial charge in [-0.3, -0.25) is 4.79 Å². The van der Waals surface area contributed by atoms with Gasteiger partial charge in [-0.1, -0.05) is 13.3 Å². The fraction of sp³-hybridized carbons (Fsp3) is 0.571. The van der Waals surface area contributed by atoms with Gasteiger partial charge in [-0.25, -0.2) is 0 Å². The van der Waals surface area contributed by atoms with Gasteiger partial charge in [-0.2, -0.15) is 0 Å². The first-order chi connectivity index (χ1) is 11.8. The molecule has 1 amide bonds. The minimum absolute atomic E-state index is 0.222. The lowest BCUT2D eigenvalue weighted by Gasteiger charge is -2.15. The van der Waals surface area contributed by atoms with E-state index >= 15 is 0 Å². The number of aromatic nitrogens is 1. The highest BCUT2D eigenvalue weighted by Gasteiger charge is 2.23. The Hall–Kier alpha value is -1.77. The van der Waals surface area contributed by atoms with Crippen LogP contribution < -0.4 is 0 Å². The van der Waals surface area contributed by atoms with Gasteiger partial charge in [0, 0.05) is 41.8 Å². The normalized spacial score (nSPS) is 17.5. The van der Waals surface area contributed by atoms with Crippen molar-refractivity contribution in [2.45, 2.75) is 64.8 Å². The highest BCUT2D eigenvalue weighted by molar-refractivity contribution is 5.99. The Morgan fingerprint density at radius 2 is 1.88 bits per heavy atom. The zero-order valence-electron chi connectivity index (χ0n) is 14.8. The van der Waals surface area contributed by atoms with Gasteiger partial charge in [0.2, 0.25) is 0 Å². The first-order valence-electron chi connectivity index (χ1n) is 9.73. The van der Waals surface area contributed by atoms with Gasteiger partial charge in [0.05, 0.1) is 0 Å². The van der Waals surface area contributed by atoms with Gasteiger partial charge in [0.15, 0.2) is 0 Å². The first kappa shape index (κ1) is 15.7. The van der Waals surface area contributed by atoms with Crippen molar-refractivity contribution in [1.29, 1.82) is 0 Å². The van der Waals surface area contributed by atoms with Crippen molar-refractivity contribution in [3.63, 3.8) is 0 Å². The van der Waals surface area contributed by atoms with E-state index in [-0.39, 0.29) is 5.91 Å². The molecule has 2 aliphatic rings. The zero-order chi connectivity index (χ0) is 16.5. The smallest absolute Gasteiger partial charge is 0.253 e. The highest BCUT2D eigenvalue weighted by atomic mass is 16.2. The summed E-state index contributed by atoms with van der Waals surface area (Å²) in [6.45, 7) is 5.21. The van der Waals surface area contributed by atoms with Crippen LogP contribution in [0.3, 0.4) is 0 Å². The molecule has 2 heterocycles. The minimum Gasteiger partial charge on any atom is -0.344 e. The third kappa shape index (κ3) is 2.64. The van der Waals surface area contributed by atoms with E-state index in [4.69, 9.17) is 0 Å². The van der Waals surface area contributed by atoms with Crippen LogP contribution >= 0.6 is 0 Å². The second kappa shape index (κ2) is 6.62. The molecule has 2 aromatic rings. The molecule has 1 fully saturated rings. The molecule has 3 nitrogen and oxygen atoms in total. The van der Waals surface area contributed by atoms with Crippen molar-refractivity contribution >= 4 is 16.8 Å². The van der Waals surface area contributed by atoms with Gasteiger partial charge >= 0.3 is 0 Å². The molecule has 0 saturated carbocycles. The molecule has 0 spiro atoms. The predicted molar refractivity (Wildman–Crippen MR) is 98.6 cm³/mol. The minimum atomic E-state index is 0.222. The Balaban J connectivity index is 1.77. The van der Waals surface area contributed by atoms with E-state index in [0.717, 1.165) is 38.0 Å². The number of hydrogen-bond acceptors (Lipinski definition) is 1. The molecule has 1 aliphatic carbocycles. The summed E-state index contributed by atoms with van der Waals surface area (Å²) in [5.41, 5.74) is 5.28. The molecular weight excluding hydrogens is 296 g/mol. The number of aryl methyl sites for hydroxylation is 2. The predicted octanol–water partition coefficient (Wildman–Crippen LogP) is 4.56. The Morgan fingerprint density at radius 1 is 1.08 bits per heavy atom. The maximum absolute atomic E-state index is 12.8. The number of unbranched alkanes of at least 4 members (excludes halogenated alkanes) is 1. The summed E-state index contributed by atoms with van der Waals surface area (Å²) >= 11 is 0. The Morgan fingerprint density at radius 3 is 2.67 bits per heavy atom. The molecule has 24 heavy (non-hydrogen) atoms. The fourth-order valence-electron chi connectivity index (χ4n) is 4.44. The monoisotopic (exact) mass is 324 g/mol. The largest absolute Gasteiger partial charge is 0.344 e. The van der Waals surface area contributed by atoms with Crippen LogP contribution in [0.1, 0.15) is 67.1 Å². The average molecular weight is 324 g/mol. The Labute approximate surface area is 144 Å². The topological polar surface area (TPSA) is 25.2 Å². The van der Waals surface area contributed by atoms with Crippen LogP contribution in [0.15, 0.2) is 18.2 Å². The second-order valence-electron chi connectivity index (χ2n) is 7.37. The molecule has 1 aliphatic heterocycles. The van der Waals surface area contributed by atoms with E-state index in [1.54, 1.807) is 0 Å². The number of amides is 1. The molecule has 0 bridgehead atoms. The quantitative estimate of drug-likeness (QED) is 0.809. The summed E-state index contributed by atoms with van der Waals surface area (Å²) in [7, 11) is 0. The lowest BCUT2D eigenvalue weighted by molar-refractivity contribution is 0.0793. The number of nitrogens with zero attached hydrogens (tertiary/aromatic N) is 2. The first-order valence-corrected chi connectivity index (χ1v) is 9.73. The van der Waals surface area contributed by atoms with E-state index in [0.29, 0.717) is 0 Å². The maximum Gasteiger partial charge on any atom is 0.253 e. The molecule has 1 aromatic heterocycles. The Kier molecular flexibility index (Phi) is 4.34. The van der Waals surface area contributed by atoms with Gasteiger partial charge in [0.1, 0.15) is 0 Å². The van der Waals surface area contributed by atoms with Crippen LogP contribution in [0.4, 0.5) is 0 Å². The summed E-state index contributed by atoms with van der Waals surface area (Å²) < 4.78 is 2.54. The lowest BCUT2D eigenvalue weighted by Crippen LogP contribution is -2.27. The molecule has 3 heteroatoms. The standard InChI is InChI=1S/C21H28N2O/c1-2-3-14-23-19-9-5-4-8-17(19)18-15-16(10-11-20(18)23)21(24)22-12-6-7-13-22/h10-11,15H,2-9,12-14H2,1H3. The summed E-state index contributed by atoms with van der Waals surface area (Å²) in [6, 6.07) is 6.44. The maximum atomic E-state index is 12.8. The third-order valence-corrected chi connectivity index (χ3v) is 5.75. The molecule has 0 atom stereocenters. The van der Waals surface area contributed by atoms with E-state index < -0.39 is 0 Å². The zero-order valence-corrected chi connectivity index (χ0v) is 14.8. The van der Waals surface area contributed by atoms with E-state index in [1.807, 2.05) is 4.90 Å². The molecule has 1 saturated heterocycles. The summed E-state index contributed by atoms with van der Waals surface area (Å²) in [6.07, 6.45) is 9.70. The second-order valence-corrected chi connectivity index (χ2v) is 7.37. The molecule has 0 unspecified atom stereocenters. The average Bonchev–Trinajstić information content (AvgIpc) is 3.26. The number of likely N-dealkylation sites (tertiary alicyclic amines) is 1. The summed E-state index contributed by atoms with van der Waals surface area (Å²) in [5, 5.41) is 1.34. The number of carbonyl (C=O) groups excluding carboxylic acids is 1. The number of rotatable bonds is 4. The number of benzene rings is 1. The lowest BCUT2D eigenvalue weighted by atomic mass is 9.95. The van der Waals surface area contributed by atoms with Crippen molar-refractivity contribution in [1.82, 2.24) is 9.47 Å². The third-order valence-electron chi connectivity index (χ3n) is 5.75. The van der Waals surface area contributed by atoms with Gasteiger partial charge in [0.25, 0.3) is 5.91 Å². The van der Waals surface area contributed by atoms with Gasteiger partial charge < -0.3 is 9.47 Å². The fourth-order valence-corrected chi connectivity index (χ4v) is 4.44. The number of carbonyl (C=O) groups is 1. The van der Waals surface area contributed by atoms with Crippen molar-refractivity contribution in [3.05, 3.63) is 35.0 Å². The van der Waals surface area contributed by atoms with Crippen LogP contribution in [0, 0.1) is 0 Å². The van der Waals surface area contributed by atoms with Crippen LogP contribution in [0.2, 0.25) is 0 Å². The molecule has 1 aromatic carbocycles.